The Hall–Kier alpha value is -5.41. The second kappa shape index (κ2) is 12.5. The van der Waals surface area contributed by atoms with E-state index in [9.17, 15) is 0 Å². The predicted octanol–water partition coefficient (Wildman–Crippen LogP) is 9.39. The molecule has 2 heterocycles. The molecule has 0 unspecified atom stereocenters. The van der Waals surface area contributed by atoms with Gasteiger partial charge in [-0.1, -0.05) is 115 Å². The number of hydrogen-bond donors (Lipinski definition) is 0. The van der Waals surface area contributed by atoms with Crippen molar-refractivity contribution < 1.29 is 20.5 Å². The summed E-state index contributed by atoms with van der Waals surface area (Å²) in [5.74, 6) is 1.99. The quantitative estimate of drug-likeness (QED) is 0.0990. The van der Waals surface area contributed by atoms with Crippen LogP contribution in [0, 0.1) is 12.1 Å². The standard InChI is InChI=1S/C18H14O.2C11H11NO.Al/c19-18-16(14-8-3-1-4-9-14)12-7-13-17(18)15-10-5-2-6-11-15;2*1-8-6-7-9-4-3-5-10(13)11(9)12(8)2;/h1-13,19H;2*3-7,13H,2H2,1H3;/q;;;+3/p-3. The summed E-state index contributed by atoms with van der Waals surface area (Å²) < 4.78 is 24.6. The summed E-state index contributed by atoms with van der Waals surface area (Å²) >= 11 is -3.09. The molecule has 0 radical (unpaired) electrons. The molecule has 5 aromatic rings. The zero-order chi connectivity index (χ0) is 31.6. The minimum Gasteiger partial charge on any atom is -0.580 e. The van der Waals surface area contributed by atoms with Gasteiger partial charge in [-0.25, -0.2) is 0 Å². The van der Waals surface area contributed by atoms with Crippen LogP contribution in [0.2, 0.25) is 0 Å². The summed E-state index contributed by atoms with van der Waals surface area (Å²) in [5, 5.41) is 0. The van der Waals surface area contributed by atoms with E-state index >= 15 is 0 Å². The molecule has 0 spiro atoms. The molecule has 2 aliphatic rings. The molecule has 0 saturated carbocycles. The van der Waals surface area contributed by atoms with Crippen molar-refractivity contribution in [2.75, 3.05) is 0 Å². The molecule has 2 aliphatic heterocycles. The molecule has 0 aromatic heterocycles. The number of nitrogens with zero attached hydrogens (tertiary/aromatic N) is 2. The van der Waals surface area contributed by atoms with Crippen molar-refractivity contribution in [2.45, 2.75) is 13.8 Å². The molecule has 46 heavy (non-hydrogen) atoms. The summed E-state index contributed by atoms with van der Waals surface area (Å²) in [6.07, 6.45) is 8.26. The topological polar surface area (TPSA) is 33.7 Å². The van der Waals surface area contributed by atoms with Gasteiger partial charge in [0.2, 0.25) is 0 Å². The smallest absolute Gasteiger partial charge is 0.580 e. The van der Waals surface area contributed by atoms with Crippen LogP contribution in [0.25, 0.3) is 34.4 Å². The summed E-state index contributed by atoms with van der Waals surface area (Å²) in [6, 6.07) is 40.8. The third-order valence-corrected chi connectivity index (χ3v) is 9.63. The number of fused-ring (bicyclic) bond motifs is 2. The first-order chi connectivity index (χ1) is 22.5. The number of benzene rings is 5. The highest BCUT2D eigenvalue weighted by molar-refractivity contribution is 6.40. The fourth-order valence-electron chi connectivity index (χ4n) is 5.80. The Balaban J connectivity index is 1.38. The Labute approximate surface area is 275 Å². The number of rotatable bonds is 8. The Morgan fingerprint density at radius 3 is 1.41 bits per heavy atom. The van der Waals surface area contributed by atoms with Crippen LogP contribution < -0.4 is 11.4 Å². The van der Waals surface area contributed by atoms with Gasteiger partial charge in [0.1, 0.15) is 17.2 Å². The fourth-order valence-corrected chi connectivity index (χ4v) is 7.18. The van der Waals surface area contributed by atoms with Crippen LogP contribution in [0.1, 0.15) is 25.0 Å². The Morgan fingerprint density at radius 1 is 0.522 bits per heavy atom. The minimum atomic E-state index is -3.09. The van der Waals surface area contributed by atoms with Gasteiger partial charge in [-0.15, -0.1) is 12.2 Å². The summed E-state index contributed by atoms with van der Waals surface area (Å²) in [7, 11) is 0. The van der Waals surface area contributed by atoms with Gasteiger partial charge in [-0.3, -0.25) is 9.15 Å². The van der Waals surface area contributed by atoms with Crippen molar-refractivity contribution in [3.05, 3.63) is 151 Å². The van der Waals surface area contributed by atoms with Crippen molar-refractivity contribution in [1.82, 2.24) is 0 Å². The molecule has 7 rings (SSSR count). The third kappa shape index (κ3) is 5.61. The zero-order valence-electron chi connectivity index (χ0n) is 25.9. The summed E-state index contributed by atoms with van der Waals surface area (Å²) in [6.45, 7) is 12.7. The van der Waals surface area contributed by atoms with Gasteiger partial charge >= 0.3 is 15.1 Å². The van der Waals surface area contributed by atoms with Gasteiger partial charge in [-0.05, 0) is 48.2 Å². The highest BCUT2D eigenvalue weighted by atomic mass is 27.3. The maximum Gasteiger partial charge on any atom is 1.20 e. The van der Waals surface area contributed by atoms with Crippen LogP contribution in [0.15, 0.2) is 127 Å². The van der Waals surface area contributed by atoms with E-state index in [0.29, 0.717) is 17.2 Å². The molecule has 0 atom stereocenters. The van der Waals surface area contributed by atoms with Gasteiger partial charge in [-0.2, -0.15) is 0 Å². The third-order valence-electron chi connectivity index (χ3n) is 8.31. The molecule has 5 aromatic carbocycles. The molecule has 0 fully saturated rings. The number of hydrogen-bond acceptors (Lipinski definition) is 3. The molecule has 6 heteroatoms. The summed E-state index contributed by atoms with van der Waals surface area (Å²) in [5.41, 5.74) is 7.74. The largest absolute Gasteiger partial charge is 1.20 e. The van der Waals surface area contributed by atoms with Crippen LogP contribution in [-0.4, -0.2) is 37.7 Å². The lowest BCUT2D eigenvalue weighted by Crippen LogP contribution is -2.38. The zero-order valence-corrected chi connectivity index (χ0v) is 27.0. The van der Waals surface area contributed by atoms with Crippen molar-refractivity contribution in [1.29, 1.82) is 0 Å². The lowest BCUT2D eigenvalue weighted by atomic mass is 9.97. The molecule has 0 bridgehead atoms. The average molecular weight is 617 g/mol. The highest BCUT2D eigenvalue weighted by Crippen LogP contribution is 2.43. The van der Waals surface area contributed by atoms with E-state index in [1.165, 1.54) is 0 Å². The molecular formula is C40H33AlN2O3. The Kier molecular flexibility index (Phi) is 7.99. The van der Waals surface area contributed by atoms with E-state index in [1.807, 2.05) is 83.7 Å². The van der Waals surface area contributed by atoms with Gasteiger partial charge in [0.15, 0.2) is 11.4 Å². The molecular weight excluding hydrogens is 583 g/mol. The van der Waals surface area contributed by atoms with Gasteiger partial charge in [0.05, 0.1) is 25.5 Å². The SMILES string of the molecule is C=[N+]1c2c(cccc2[O][Al]([O]c2cccc3c2[N+](=C)[C-](C)C=C3)[O]c2c(-c3ccccc3)cccc2-c2ccccc2)C=C[C-]1C. The summed E-state index contributed by atoms with van der Waals surface area (Å²) in [4.78, 5) is 0. The lowest BCUT2D eigenvalue weighted by Gasteiger charge is -2.27. The van der Waals surface area contributed by atoms with Gasteiger partial charge in [0.25, 0.3) is 0 Å². The maximum absolute atomic E-state index is 7.07. The van der Waals surface area contributed by atoms with Crippen LogP contribution in [-0.2, 0) is 0 Å². The van der Waals surface area contributed by atoms with E-state index in [-0.39, 0.29) is 0 Å². The first-order valence-corrected chi connectivity index (χ1v) is 16.6. The number of para-hydroxylation sites is 3. The Morgan fingerprint density at radius 2 is 0.957 bits per heavy atom. The normalized spacial score (nSPS) is 13.3. The fraction of sp³-hybridized carbons (Fsp3) is 0.0500. The first kappa shape index (κ1) is 29.3. The van der Waals surface area contributed by atoms with Crippen molar-refractivity contribution in [3.63, 3.8) is 0 Å². The lowest BCUT2D eigenvalue weighted by molar-refractivity contribution is -0.406. The van der Waals surface area contributed by atoms with Crippen molar-refractivity contribution in [3.8, 4) is 39.5 Å². The molecule has 0 saturated heterocycles. The van der Waals surface area contributed by atoms with Gasteiger partial charge < -0.3 is 11.4 Å². The van der Waals surface area contributed by atoms with E-state index in [0.717, 1.165) is 56.8 Å². The van der Waals surface area contributed by atoms with Gasteiger partial charge in [0, 0.05) is 11.1 Å². The minimum absolute atomic E-state index is 0.644. The monoisotopic (exact) mass is 616 g/mol. The highest BCUT2D eigenvalue weighted by Gasteiger charge is 2.47. The van der Waals surface area contributed by atoms with Crippen LogP contribution >= 0.6 is 0 Å². The first-order valence-electron chi connectivity index (χ1n) is 15.2. The van der Waals surface area contributed by atoms with Crippen LogP contribution in [0.5, 0.6) is 17.2 Å². The predicted molar refractivity (Wildman–Crippen MR) is 188 cm³/mol. The maximum atomic E-state index is 7.07. The molecule has 0 amide bonds. The molecule has 5 nitrogen and oxygen atoms in total. The van der Waals surface area contributed by atoms with Crippen LogP contribution in [0.3, 0.4) is 0 Å². The van der Waals surface area contributed by atoms with Crippen molar-refractivity contribution >= 4 is 52.1 Å². The second-order valence-electron chi connectivity index (χ2n) is 11.2. The van der Waals surface area contributed by atoms with Crippen LogP contribution in [0.4, 0.5) is 11.4 Å². The van der Waals surface area contributed by atoms with E-state index in [4.69, 9.17) is 11.4 Å². The van der Waals surface area contributed by atoms with E-state index in [1.54, 1.807) is 0 Å². The second-order valence-corrected chi connectivity index (χ2v) is 12.5. The molecule has 0 N–H and O–H groups in total. The van der Waals surface area contributed by atoms with E-state index in [2.05, 4.69) is 92.3 Å². The average Bonchev–Trinajstić information content (AvgIpc) is 3.09. The van der Waals surface area contributed by atoms with Crippen molar-refractivity contribution in [2.24, 2.45) is 0 Å². The molecule has 0 aliphatic carbocycles. The Bertz CT molecular complexity index is 1860. The van der Waals surface area contributed by atoms with E-state index < -0.39 is 15.1 Å². The molecule has 224 valence electrons.